The molecule has 0 saturated heterocycles. The molecule has 18 heavy (non-hydrogen) atoms. The van der Waals surface area contributed by atoms with Gasteiger partial charge in [-0.1, -0.05) is 37.1 Å². The molecule has 1 fully saturated rings. The molecule has 2 unspecified atom stereocenters. The van der Waals surface area contributed by atoms with Crippen LogP contribution in [0.25, 0.3) is 0 Å². The summed E-state index contributed by atoms with van der Waals surface area (Å²) in [4.78, 5) is 0. The molecule has 0 radical (unpaired) electrons. The summed E-state index contributed by atoms with van der Waals surface area (Å²) in [6, 6.07) is 9.44. The van der Waals surface area contributed by atoms with Crippen LogP contribution in [0.5, 0.6) is 0 Å². The lowest BCUT2D eigenvalue weighted by molar-refractivity contribution is 0.240. The first-order valence-electron chi connectivity index (χ1n) is 7.41. The van der Waals surface area contributed by atoms with E-state index in [2.05, 4.69) is 29.7 Å². The molecule has 3 rings (SSSR count). The number of aryl methyl sites for hydroxylation is 1. The van der Waals surface area contributed by atoms with Gasteiger partial charge in [0.25, 0.3) is 0 Å². The summed E-state index contributed by atoms with van der Waals surface area (Å²) in [7, 11) is 0. The monoisotopic (exact) mass is 244 g/mol. The van der Waals surface area contributed by atoms with Gasteiger partial charge in [0.15, 0.2) is 0 Å². The first-order chi connectivity index (χ1) is 8.88. The summed E-state index contributed by atoms with van der Waals surface area (Å²) < 4.78 is 0. The van der Waals surface area contributed by atoms with Crippen molar-refractivity contribution in [1.82, 2.24) is 5.43 Å². The third-order valence-electron chi connectivity index (χ3n) is 4.99. The fourth-order valence-electron chi connectivity index (χ4n) is 4.01. The molecule has 2 aliphatic rings. The van der Waals surface area contributed by atoms with Gasteiger partial charge in [-0.25, -0.2) is 0 Å². The number of benzene rings is 1. The fraction of sp³-hybridized carbons (Fsp3) is 0.625. The molecule has 2 heteroatoms. The standard InChI is InChI=1S/C16H24N2/c17-18-16(13-6-2-3-7-13)15-10-9-12-5-1-4-8-14(12)11-15/h1,4-5,8,13,15-16,18H,2-3,6-7,9-11,17H2. The highest BCUT2D eigenvalue weighted by Gasteiger charge is 2.32. The number of nitrogens with one attached hydrogen (secondary N) is 1. The molecule has 0 heterocycles. The van der Waals surface area contributed by atoms with Crippen molar-refractivity contribution in [3.05, 3.63) is 35.4 Å². The van der Waals surface area contributed by atoms with Crippen LogP contribution in [0.15, 0.2) is 24.3 Å². The minimum absolute atomic E-state index is 0.529. The van der Waals surface area contributed by atoms with Gasteiger partial charge in [0.2, 0.25) is 0 Å². The Balaban J connectivity index is 1.73. The van der Waals surface area contributed by atoms with E-state index in [1.54, 1.807) is 11.1 Å². The minimum atomic E-state index is 0.529. The lowest BCUT2D eigenvalue weighted by atomic mass is 9.76. The largest absolute Gasteiger partial charge is 0.271 e. The second-order valence-corrected chi connectivity index (χ2v) is 6.01. The molecule has 0 spiro atoms. The molecule has 1 aromatic rings. The first kappa shape index (κ1) is 12.2. The Bertz CT molecular complexity index is 396. The fourth-order valence-corrected chi connectivity index (χ4v) is 4.01. The van der Waals surface area contributed by atoms with E-state index in [4.69, 9.17) is 5.84 Å². The van der Waals surface area contributed by atoms with Crippen molar-refractivity contribution < 1.29 is 0 Å². The number of nitrogens with two attached hydrogens (primary N) is 1. The van der Waals surface area contributed by atoms with Crippen molar-refractivity contribution in [1.29, 1.82) is 0 Å². The van der Waals surface area contributed by atoms with E-state index in [1.165, 1.54) is 44.9 Å². The topological polar surface area (TPSA) is 38.0 Å². The van der Waals surface area contributed by atoms with Gasteiger partial charge in [0.1, 0.15) is 0 Å². The lowest BCUT2D eigenvalue weighted by Crippen LogP contribution is -2.47. The summed E-state index contributed by atoms with van der Waals surface area (Å²) in [6.45, 7) is 0. The van der Waals surface area contributed by atoms with Gasteiger partial charge in [-0.3, -0.25) is 11.3 Å². The van der Waals surface area contributed by atoms with Crippen molar-refractivity contribution in [3.63, 3.8) is 0 Å². The zero-order valence-corrected chi connectivity index (χ0v) is 11.1. The predicted molar refractivity (Wildman–Crippen MR) is 75.0 cm³/mol. The van der Waals surface area contributed by atoms with Crippen molar-refractivity contribution in [2.24, 2.45) is 17.7 Å². The Morgan fingerprint density at radius 3 is 2.44 bits per heavy atom. The van der Waals surface area contributed by atoms with Gasteiger partial charge in [0, 0.05) is 6.04 Å². The number of hydrogen-bond acceptors (Lipinski definition) is 2. The Morgan fingerprint density at radius 1 is 1.00 bits per heavy atom. The zero-order valence-electron chi connectivity index (χ0n) is 11.1. The second kappa shape index (κ2) is 5.41. The quantitative estimate of drug-likeness (QED) is 0.634. The van der Waals surface area contributed by atoms with E-state index in [-0.39, 0.29) is 0 Å². The van der Waals surface area contributed by atoms with Gasteiger partial charge in [-0.15, -0.1) is 0 Å². The molecule has 0 amide bonds. The summed E-state index contributed by atoms with van der Waals surface area (Å²) in [6.07, 6.45) is 9.26. The van der Waals surface area contributed by atoms with Gasteiger partial charge in [-0.2, -0.15) is 0 Å². The van der Waals surface area contributed by atoms with E-state index in [0.29, 0.717) is 6.04 Å². The molecule has 0 bridgehead atoms. The van der Waals surface area contributed by atoms with Crippen LogP contribution >= 0.6 is 0 Å². The van der Waals surface area contributed by atoms with Crippen molar-refractivity contribution in [3.8, 4) is 0 Å². The van der Waals surface area contributed by atoms with Gasteiger partial charge in [-0.05, 0) is 55.1 Å². The first-order valence-corrected chi connectivity index (χ1v) is 7.41. The number of hydrazine groups is 1. The maximum atomic E-state index is 5.85. The average molecular weight is 244 g/mol. The van der Waals surface area contributed by atoms with E-state index >= 15 is 0 Å². The van der Waals surface area contributed by atoms with Crippen molar-refractivity contribution >= 4 is 0 Å². The van der Waals surface area contributed by atoms with Crippen LogP contribution in [-0.2, 0) is 12.8 Å². The van der Waals surface area contributed by atoms with Crippen LogP contribution in [0.2, 0.25) is 0 Å². The predicted octanol–water partition coefficient (Wildman–Crippen LogP) is 2.81. The minimum Gasteiger partial charge on any atom is -0.271 e. The maximum absolute atomic E-state index is 5.85. The summed E-state index contributed by atoms with van der Waals surface area (Å²) in [5.41, 5.74) is 6.24. The van der Waals surface area contributed by atoms with Crippen molar-refractivity contribution in [2.75, 3.05) is 0 Å². The van der Waals surface area contributed by atoms with E-state index < -0.39 is 0 Å². The Labute approximate surface area is 110 Å². The molecule has 1 aromatic carbocycles. The maximum Gasteiger partial charge on any atom is 0.0270 e. The Morgan fingerprint density at radius 2 is 1.72 bits per heavy atom. The average Bonchev–Trinajstić information content (AvgIpc) is 2.93. The normalized spacial score (nSPS) is 25.9. The molecule has 3 N–H and O–H groups in total. The molecule has 2 nitrogen and oxygen atoms in total. The van der Waals surface area contributed by atoms with E-state index in [0.717, 1.165) is 11.8 Å². The molecular formula is C16H24N2. The number of fused-ring (bicyclic) bond motifs is 1. The molecule has 0 aliphatic heterocycles. The third kappa shape index (κ3) is 2.32. The molecule has 0 aromatic heterocycles. The van der Waals surface area contributed by atoms with Crippen LogP contribution in [0.1, 0.15) is 43.2 Å². The Hall–Kier alpha value is -0.860. The van der Waals surface area contributed by atoms with Crippen LogP contribution in [0.4, 0.5) is 0 Å². The summed E-state index contributed by atoms with van der Waals surface area (Å²) in [5, 5.41) is 0. The van der Waals surface area contributed by atoms with Gasteiger partial charge < -0.3 is 0 Å². The summed E-state index contributed by atoms with van der Waals surface area (Å²) >= 11 is 0. The summed E-state index contributed by atoms with van der Waals surface area (Å²) in [5.74, 6) is 7.39. The van der Waals surface area contributed by atoms with E-state index in [1.807, 2.05) is 0 Å². The van der Waals surface area contributed by atoms with E-state index in [9.17, 15) is 0 Å². The molecule has 1 saturated carbocycles. The highest BCUT2D eigenvalue weighted by Crippen LogP contribution is 2.35. The van der Waals surface area contributed by atoms with Crippen LogP contribution in [0, 0.1) is 11.8 Å². The molecule has 98 valence electrons. The van der Waals surface area contributed by atoms with Crippen LogP contribution in [0.3, 0.4) is 0 Å². The number of hydrogen-bond donors (Lipinski definition) is 2. The third-order valence-corrected chi connectivity index (χ3v) is 4.99. The van der Waals surface area contributed by atoms with Gasteiger partial charge >= 0.3 is 0 Å². The van der Waals surface area contributed by atoms with Crippen LogP contribution < -0.4 is 11.3 Å². The smallest absolute Gasteiger partial charge is 0.0270 e. The SMILES string of the molecule is NNC(C1CCCC1)C1CCc2ccccc2C1. The highest BCUT2D eigenvalue weighted by atomic mass is 15.2. The van der Waals surface area contributed by atoms with Crippen LogP contribution in [-0.4, -0.2) is 6.04 Å². The molecule has 2 aliphatic carbocycles. The highest BCUT2D eigenvalue weighted by molar-refractivity contribution is 5.30. The van der Waals surface area contributed by atoms with Crippen molar-refractivity contribution in [2.45, 2.75) is 51.0 Å². The Kier molecular flexibility index (Phi) is 3.67. The second-order valence-electron chi connectivity index (χ2n) is 6.01. The molecule has 2 atom stereocenters. The number of rotatable bonds is 3. The zero-order chi connectivity index (χ0) is 12.4. The van der Waals surface area contributed by atoms with Gasteiger partial charge in [0.05, 0.1) is 0 Å². The lowest BCUT2D eigenvalue weighted by Gasteiger charge is -2.34. The molecular weight excluding hydrogens is 220 g/mol.